The molecule has 0 atom stereocenters. The van der Waals surface area contributed by atoms with Crippen molar-refractivity contribution in [3.63, 3.8) is 0 Å². The molecular weight excluding hydrogens is 262 g/mol. The minimum atomic E-state index is -0.288. The van der Waals surface area contributed by atoms with Gasteiger partial charge >= 0.3 is 0 Å². The van der Waals surface area contributed by atoms with Crippen LogP contribution in [0.25, 0.3) is 6.08 Å². The zero-order chi connectivity index (χ0) is 15.1. The zero-order valence-corrected chi connectivity index (χ0v) is 11.7. The van der Waals surface area contributed by atoms with E-state index in [0.717, 1.165) is 5.56 Å². The predicted octanol–water partition coefficient (Wildman–Crippen LogP) is 3.53. The van der Waals surface area contributed by atoms with Crippen molar-refractivity contribution in [2.45, 2.75) is 13.3 Å². The van der Waals surface area contributed by atoms with Gasteiger partial charge in [0.15, 0.2) is 5.78 Å². The Morgan fingerprint density at radius 1 is 1.14 bits per heavy atom. The van der Waals surface area contributed by atoms with E-state index >= 15 is 0 Å². The first-order chi connectivity index (χ1) is 10.2. The minimum Gasteiger partial charge on any atom is -0.321 e. The van der Waals surface area contributed by atoms with Gasteiger partial charge in [0.1, 0.15) is 0 Å². The van der Waals surface area contributed by atoms with Crippen molar-refractivity contribution in [2.24, 2.45) is 0 Å². The molecule has 0 spiro atoms. The van der Waals surface area contributed by atoms with Gasteiger partial charge in [-0.25, -0.2) is 0 Å². The van der Waals surface area contributed by atoms with Gasteiger partial charge < -0.3 is 5.32 Å². The smallest absolute Gasteiger partial charge is 0.248 e. The van der Waals surface area contributed by atoms with E-state index in [4.69, 9.17) is 0 Å². The van der Waals surface area contributed by atoms with Crippen LogP contribution in [0.3, 0.4) is 0 Å². The number of nitrogens with one attached hydrogen (secondary N) is 1. The Morgan fingerprint density at radius 3 is 2.57 bits per heavy atom. The summed E-state index contributed by atoms with van der Waals surface area (Å²) in [6.07, 6.45) is 3.53. The summed E-state index contributed by atoms with van der Waals surface area (Å²) in [5.41, 5.74) is 1.85. The van der Waals surface area contributed by atoms with Crippen LogP contribution in [0.2, 0.25) is 0 Å². The summed E-state index contributed by atoms with van der Waals surface area (Å²) in [5, 5.41) is 2.70. The SMILES string of the molecule is CCC(=O)c1cc#ccc1NC(=O)/C=C/c1ccccc1. The first-order valence-corrected chi connectivity index (χ1v) is 6.69. The van der Waals surface area contributed by atoms with Crippen LogP contribution in [0.5, 0.6) is 0 Å². The Bertz CT molecular complexity index is 660. The first kappa shape index (κ1) is 14.5. The standard InChI is InChI=1S/C18H15NO2/c1-2-17(20)15-10-6-7-11-16(15)19-18(21)13-12-14-8-4-3-5-9-14/h3-5,8-13H,2H2,1H3,(H,19,21)/b13-12+. The van der Waals surface area contributed by atoms with Crippen molar-refractivity contribution in [1.82, 2.24) is 0 Å². The van der Waals surface area contributed by atoms with Crippen LogP contribution in [0.1, 0.15) is 29.3 Å². The molecule has 0 saturated carbocycles. The average Bonchev–Trinajstić information content (AvgIpc) is 2.54. The van der Waals surface area contributed by atoms with Gasteiger partial charge in [-0.15, -0.1) is 0 Å². The van der Waals surface area contributed by atoms with E-state index in [1.807, 2.05) is 30.3 Å². The molecule has 0 aliphatic rings. The highest BCUT2D eigenvalue weighted by molar-refractivity contribution is 6.08. The van der Waals surface area contributed by atoms with Crippen molar-refractivity contribution >= 4 is 23.5 Å². The largest absolute Gasteiger partial charge is 0.321 e. The number of carbonyl (C=O) groups excluding carboxylic acids is 2. The number of anilines is 1. The lowest BCUT2D eigenvalue weighted by atomic mass is 10.1. The summed E-state index contributed by atoms with van der Waals surface area (Å²) in [6.45, 7) is 1.78. The fraction of sp³-hybridized carbons (Fsp3) is 0.111. The summed E-state index contributed by atoms with van der Waals surface area (Å²) in [4.78, 5) is 23.7. The normalized spacial score (nSPS) is 10.1. The molecule has 2 aromatic rings. The molecule has 3 heteroatoms. The van der Waals surface area contributed by atoms with E-state index in [1.54, 1.807) is 25.1 Å². The van der Waals surface area contributed by atoms with Gasteiger partial charge in [-0.1, -0.05) is 49.4 Å². The molecule has 3 nitrogen and oxygen atoms in total. The second kappa shape index (κ2) is 7.06. The topological polar surface area (TPSA) is 46.2 Å². The molecule has 2 rings (SSSR count). The van der Waals surface area contributed by atoms with Crippen molar-refractivity contribution < 1.29 is 9.59 Å². The average molecular weight is 277 g/mol. The van der Waals surface area contributed by atoms with Gasteiger partial charge in [0.05, 0.1) is 11.3 Å². The third-order valence-corrected chi connectivity index (χ3v) is 2.91. The minimum absolute atomic E-state index is 0.0393. The molecule has 0 radical (unpaired) electrons. The molecule has 0 aliphatic carbocycles. The number of ketones is 1. The molecule has 0 aromatic heterocycles. The van der Waals surface area contributed by atoms with Gasteiger partial charge in [-0.3, -0.25) is 9.59 Å². The summed E-state index contributed by atoms with van der Waals surface area (Å²) in [5.74, 6) is -0.328. The molecule has 0 aliphatic heterocycles. The van der Waals surface area contributed by atoms with Crippen LogP contribution in [0.15, 0.2) is 48.5 Å². The highest BCUT2D eigenvalue weighted by Crippen LogP contribution is 2.15. The Morgan fingerprint density at radius 2 is 1.86 bits per heavy atom. The number of Topliss-reactive ketones (excluding diaryl/α,β-unsaturated/α-hetero) is 1. The molecule has 0 heterocycles. The summed E-state index contributed by atoms with van der Waals surface area (Å²) in [6, 6.07) is 18.1. The monoisotopic (exact) mass is 277 g/mol. The zero-order valence-electron chi connectivity index (χ0n) is 11.7. The van der Waals surface area contributed by atoms with E-state index in [1.165, 1.54) is 6.08 Å². The molecule has 0 unspecified atom stereocenters. The molecule has 0 fully saturated rings. The van der Waals surface area contributed by atoms with Gasteiger partial charge in [0.25, 0.3) is 0 Å². The van der Waals surface area contributed by atoms with Gasteiger partial charge in [0, 0.05) is 24.6 Å². The van der Waals surface area contributed by atoms with E-state index in [9.17, 15) is 9.59 Å². The van der Waals surface area contributed by atoms with E-state index in [2.05, 4.69) is 17.4 Å². The first-order valence-electron chi connectivity index (χ1n) is 6.69. The number of amides is 1. The van der Waals surface area contributed by atoms with Gasteiger partial charge in [-0.2, -0.15) is 0 Å². The molecule has 1 N–H and O–H groups in total. The Kier molecular flexibility index (Phi) is 4.89. The summed E-state index contributed by atoms with van der Waals surface area (Å²) < 4.78 is 0. The molecule has 104 valence electrons. The van der Waals surface area contributed by atoms with E-state index < -0.39 is 0 Å². The third-order valence-electron chi connectivity index (χ3n) is 2.91. The third kappa shape index (κ3) is 4.05. The lowest BCUT2D eigenvalue weighted by Crippen LogP contribution is -2.11. The lowest BCUT2D eigenvalue weighted by Gasteiger charge is -2.06. The number of rotatable bonds is 5. The predicted molar refractivity (Wildman–Crippen MR) is 82.8 cm³/mol. The number of benzene rings is 1. The lowest BCUT2D eigenvalue weighted by molar-refractivity contribution is -0.111. The molecule has 0 bridgehead atoms. The molecule has 0 saturated heterocycles. The van der Waals surface area contributed by atoms with Crippen LogP contribution in [-0.4, -0.2) is 11.7 Å². The maximum atomic E-state index is 11.9. The van der Waals surface area contributed by atoms with Crippen LogP contribution in [-0.2, 0) is 4.79 Å². The molecular formula is C18H15NO2. The highest BCUT2D eigenvalue weighted by Gasteiger charge is 2.09. The van der Waals surface area contributed by atoms with Crippen LogP contribution < -0.4 is 5.32 Å². The Labute approximate surface area is 124 Å². The number of hydrogen-bond donors (Lipinski definition) is 1. The number of hydrogen-bond acceptors (Lipinski definition) is 2. The molecule has 1 amide bonds. The molecule has 21 heavy (non-hydrogen) atoms. The maximum absolute atomic E-state index is 11.9. The van der Waals surface area contributed by atoms with Crippen LogP contribution >= 0.6 is 0 Å². The molecule has 2 aromatic carbocycles. The summed E-state index contributed by atoms with van der Waals surface area (Å²) in [7, 11) is 0. The van der Waals surface area contributed by atoms with E-state index in [-0.39, 0.29) is 11.7 Å². The number of carbonyl (C=O) groups is 2. The van der Waals surface area contributed by atoms with Crippen molar-refractivity contribution in [3.05, 3.63) is 71.8 Å². The van der Waals surface area contributed by atoms with Crippen molar-refractivity contribution in [3.8, 4) is 0 Å². The highest BCUT2D eigenvalue weighted by atomic mass is 16.1. The van der Waals surface area contributed by atoms with Gasteiger partial charge in [0.2, 0.25) is 5.91 Å². The second-order valence-electron chi connectivity index (χ2n) is 4.41. The van der Waals surface area contributed by atoms with Gasteiger partial charge in [-0.05, 0) is 11.6 Å². The Balaban J connectivity index is 2.10. The summed E-state index contributed by atoms with van der Waals surface area (Å²) >= 11 is 0. The Hall–Kier alpha value is -2.86. The van der Waals surface area contributed by atoms with Crippen LogP contribution in [0.4, 0.5) is 5.69 Å². The quantitative estimate of drug-likeness (QED) is 0.671. The van der Waals surface area contributed by atoms with Crippen LogP contribution in [0, 0.1) is 12.1 Å². The fourth-order valence-electron chi connectivity index (χ4n) is 1.82. The maximum Gasteiger partial charge on any atom is 0.248 e. The van der Waals surface area contributed by atoms with Crippen molar-refractivity contribution in [1.29, 1.82) is 0 Å². The van der Waals surface area contributed by atoms with E-state index in [0.29, 0.717) is 17.7 Å². The second-order valence-corrected chi connectivity index (χ2v) is 4.41. The fourth-order valence-corrected chi connectivity index (χ4v) is 1.82. The van der Waals surface area contributed by atoms with Crippen molar-refractivity contribution in [2.75, 3.05) is 5.32 Å².